The van der Waals surface area contributed by atoms with E-state index < -0.39 is 0 Å². The van der Waals surface area contributed by atoms with Crippen LogP contribution in [-0.4, -0.2) is 13.4 Å². The third kappa shape index (κ3) is 7.01. The molecule has 0 saturated carbocycles. The van der Waals surface area contributed by atoms with Crippen LogP contribution in [0, 0.1) is 0 Å². The fourth-order valence-electron chi connectivity index (χ4n) is 0.111. The summed E-state index contributed by atoms with van der Waals surface area (Å²) >= 11 is 0. The molecule has 7 heavy (non-hydrogen) atoms. The van der Waals surface area contributed by atoms with Crippen LogP contribution >= 0.6 is 31.3 Å². The van der Waals surface area contributed by atoms with E-state index in [1.165, 1.54) is 10.6 Å². The molecule has 0 aliphatic rings. The highest BCUT2D eigenvalue weighted by Crippen LogP contribution is 2.22. The van der Waals surface area contributed by atoms with Gasteiger partial charge in [-0.3, -0.25) is 0 Å². The molecule has 0 aliphatic carbocycles. The molecule has 1 radical (unpaired) electrons. The fraction of sp³-hybridized carbons (Fsp3) is 1.00. The van der Waals surface area contributed by atoms with Crippen LogP contribution in [0.4, 0.5) is 0 Å². The van der Waals surface area contributed by atoms with Crippen LogP contribution < -0.4 is 0 Å². The first-order valence-corrected chi connectivity index (χ1v) is 4.83. The van der Waals surface area contributed by atoms with E-state index in [4.69, 9.17) is 15.3 Å². The Hall–Kier alpha value is 1.01. The highest BCUT2D eigenvalue weighted by Gasteiger charge is 1.87. The van der Waals surface area contributed by atoms with Gasteiger partial charge in [0, 0.05) is 16.6 Å². The molecule has 0 unspecified atom stereocenters. The smallest absolute Gasteiger partial charge is 0.384 e. The molecule has 41 valence electrons. The van der Waals surface area contributed by atoms with E-state index in [1.807, 2.05) is 6.92 Å². The predicted molar refractivity (Wildman–Crippen MR) is 38.4 cm³/mol. The van der Waals surface area contributed by atoms with Crippen molar-refractivity contribution in [1.82, 2.24) is 0 Å². The summed E-state index contributed by atoms with van der Waals surface area (Å²) in [5, 5.41) is 0. The predicted octanol–water partition coefficient (Wildman–Crippen LogP) is 2.09. The molecule has 0 aliphatic heterocycles. The van der Waals surface area contributed by atoms with Crippen LogP contribution in [0.2, 0.25) is 0 Å². The van der Waals surface area contributed by atoms with E-state index >= 15 is 0 Å². The Labute approximate surface area is 56.6 Å². The molecule has 0 heterocycles. The standard InChI is InChI=1S/C2H5BClOS2/c1-2-5-3-6-7-4/h2H2,1H3. The van der Waals surface area contributed by atoms with E-state index in [0.717, 1.165) is 10.0 Å². The maximum Gasteiger partial charge on any atom is 0.384 e. The van der Waals surface area contributed by atoms with Gasteiger partial charge in [-0.2, -0.15) is 0 Å². The second kappa shape index (κ2) is 7.01. The van der Waals surface area contributed by atoms with E-state index in [9.17, 15) is 0 Å². The molecule has 0 saturated heterocycles. The quantitative estimate of drug-likeness (QED) is 0.350. The maximum absolute atomic E-state index is 5.21. The van der Waals surface area contributed by atoms with Crippen LogP contribution in [0.5, 0.6) is 0 Å². The van der Waals surface area contributed by atoms with Crippen molar-refractivity contribution in [1.29, 1.82) is 0 Å². The fourth-order valence-corrected chi connectivity index (χ4v) is 0.855. The first-order valence-electron chi connectivity index (χ1n) is 1.79. The van der Waals surface area contributed by atoms with Crippen molar-refractivity contribution < 1.29 is 4.65 Å². The van der Waals surface area contributed by atoms with Crippen LogP contribution in [-0.2, 0) is 4.65 Å². The summed E-state index contributed by atoms with van der Waals surface area (Å²) in [6, 6.07) is 0. The lowest BCUT2D eigenvalue weighted by Crippen LogP contribution is -1.89. The average Bonchev–Trinajstić information content (AvgIpc) is 1.69. The zero-order chi connectivity index (χ0) is 5.54. The Bertz CT molecular complexity index is 34.9. The highest BCUT2D eigenvalue weighted by molar-refractivity contribution is 8.92. The Morgan fingerprint density at radius 3 is 3.00 bits per heavy atom. The minimum Gasteiger partial charge on any atom is -0.428 e. The van der Waals surface area contributed by atoms with Crippen LogP contribution in [0.1, 0.15) is 6.92 Å². The first kappa shape index (κ1) is 8.01. The highest BCUT2D eigenvalue weighted by atomic mass is 35.7. The van der Waals surface area contributed by atoms with Crippen LogP contribution in [0.3, 0.4) is 0 Å². The van der Waals surface area contributed by atoms with Gasteiger partial charge in [0.15, 0.2) is 0 Å². The monoisotopic (exact) mass is 155 g/mol. The molecule has 1 nitrogen and oxygen atoms in total. The molecule has 0 amide bonds. The Balaban J connectivity index is 2.45. The largest absolute Gasteiger partial charge is 0.428 e. The molecule has 0 fully saturated rings. The molecular formula is C2H5BClOS2. The van der Waals surface area contributed by atoms with Crippen molar-refractivity contribution in [2.75, 3.05) is 6.61 Å². The summed E-state index contributed by atoms with van der Waals surface area (Å²) in [5.41, 5.74) is 0. The zero-order valence-corrected chi connectivity index (χ0v) is 6.28. The molecule has 5 heteroatoms. The molecule has 0 aromatic rings. The molecule has 0 atom stereocenters. The van der Waals surface area contributed by atoms with Gasteiger partial charge in [0.1, 0.15) is 0 Å². The van der Waals surface area contributed by atoms with Crippen molar-refractivity contribution in [2.24, 2.45) is 0 Å². The third-order valence-electron chi connectivity index (χ3n) is 0.310. The second-order valence-electron chi connectivity index (χ2n) is 0.711. The van der Waals surface area contributed by atoms with E-state index in [-0.39, 0.29) is 0 Å². The summed E-state index contributed by atoms with van der Waals surface area (Å²) in [7, 11) is 7.72. The SMILES string of the molecule is CCO[B]SSCl. The van der Waals surface area contributed by atoms with Gasteiger partial charge in [0.05, 0.1) is 0 Å². The van der Waals surface area contributed by atoms with Crippen molar-refractivity contribution in [2.45, 2.75) is 6.92 Å². The molecule has 0 bridgehead atoms. The molecular weight excluding hydrogens is 150 g/mol. The Morgan fingerprint density at radius 2 is 2.57 bits per heavy atom. The topological polar surface area (TPSA) is 9.23 Å². The van der Waals surface area contributed by atoms with Gasteiger partial charge >= 0.3 is 6.76 Å². The van der Waals surface area contributed by atoms with Crippen molar-refractivity contribution in [3.05, 3.63) is 0 Å². The summed E-state index contributed by atoms with van der Waals surface area (Å²) in [6.45, 7) is 4.25. The Kier molecular flexibility index (Phi) is 8.03. The number of halogens is 1. The van der Waals surface area contributed by atoms with Gasteiger partial charge in [-0.1, -0.05) is 10.6 Å². The first-order chi connectivity index (χ1) is 3.41. The number of hydrogen-bond acceptors (Lipinski definition) is 3. The van der Waals surface area contributed by atoms with Gasteiger partial charge in [-0.05, 0) is 17.6 Å². The molecule has 0 rings (SSSR count). The number of rotatable bonds is 4. The lowest BCUT2D eigenvalue weighted by molar-refractivity contribution is 0.372. The van der Waals surface area contributed by atoms with Crippen molar-refractivity contribution >= 4 is 38.1 Å². The molecule has 0 spiro atoms. The summed E-state index contributed by atoms with van der Waals surface area (Å²) in [5.74, 6) is 0. The van der Waals surface area contributed by atoms with Gasteiger partial charge in [-0.15, -0.1) is 0 Å². The molecule has 0 aromatic heterocycles. The third-order valence-corrected chi connectivity index (χ3v) is 1.71. The maximum atomic E-state index is 5.21. The van der Waals surface area contributed by atoms with Crippen molar-refractivity contribution in [3.63, 3.8) is 0 Å². The average molecular weight is 155 g/mol. The van der Waals surface area contributed by atoms with Gasteiger partial charge in [-0.25, -0.2) is 0 Å². The second-order valence-corrected chi connectivity index (χ2v) is 3.31. The minimum atomic E-state index is 0.713. The normalized spacial score (nSPS) is 8.86. The van der Waals surface area contributed by atoms with Crippen molar-refractivity contribution in [3.8, 4) is 0 Å². The van der Waals surface area contributed by atoms with Gasteiger partial charge in [0.2, 0.25) is 0 Å². The van der Waals surface area contributed by atoms with E-state index in [1.54, 1.807) is 6.76 Å². The van der Waals surface area contributed by atoms with E-state index in [2.05, 4.69) is 0 Å². The number of hydrogen-bond donors (Lipinski definition) is 0. The molecule has 0 aromatic carbocycles. The lowest BCUT2D eigenvalue weighted by atomic mass is 10.5. The van der Waals surface area contributed by atoms with Gasteiger partial charge in [0.25, 0.3) is 0 Å². The summed E-state index contributed by atoms with van der Waals surface area (Å²) in [4.78, 5) is 0. The summed E-state index contributed by atoms with van der Waals surface area (Å²) < 4.78 is 4.81. The zero-order valence-electron chi connectivity index (χ0n) is 3.89. The van der Waals surface area contributed by atoms with Crippen LogP contribution in [0.25, 0.3) is 0 Å². The van der Waals surface area contributed by atoms with Crippen LogP contribution in [0.15, 0.2) is 0 Å². The van der Waals surface area contributed by atoms with Gasteiger partial charge < -0.3 is 4.65 Å². The lowest BCUT2D eigenvalue weighted by Gasteiger charge is -1.90. The summed E-state index contributed by atoms with van der Waals surface area (Å²) in [6.07, 6.45) is 0. The Morgan fingerprint density at radius 1 is 1.86 bits per heavy atom. The minimum absolute atomic E-state index is 0.713. The van der Waals surface area contributed by atoms with E-state index in [0.29, 0.717) is 6.61 Å². The molecule has 0 N–H and O–H groups in total.